The van der Waals surface area contributed by atoms with Gasteiger partial charge in [0.25, 0.3) is 0 Å². The first kappa shape index (κ1) is 12.1. The number of hydrogen-bond acceptors (Lipinski definition) is 0. The average molecular weight is 439 g/mol. The second kappa shape index (κ2) is 4.18. The van der Waals surface area contributed by atoms with E-state index in [9.17, 15) is 0 Å². The van der Waals surface area contributed by atoms with E-state index < -0.39 is 0 Å². The molecular formula is C16H7Br3. The minimum atomic E-state index is 1.07. The maximum atomic E-state index is 3.70. The lowest BCUT2D eigenvalue weighted by molar-refractivity contribution is 1.64. The van der Waals surface area contributed by atoms with Gasteiger partial charge in [-0.25, -0.2) is 0 Å². The third-order valence-electron chi connectivity index (χ3n) is 3.64. The van der Waals surface area contributed by atoms with Crippen molar-refractivity contribution in [3.05, 3.63) is 55.9 Å². The standard InChI is InChI=1S/C16H7Br3/c17-14-10-6-4-8-2-1-3-9-5-7-11(13(10)12(8)9)15(18)16(14)19/h1-7H. The fourth-order valence-corrected chi connectivity index (χ4v) is 4.53. The second-order valence-corrected chi connectivity index (χ2v) is 7.00. The SMILES string of the molecule is Brc1c(Br)c2ccc3cccc4ccc(c1Br)c2c34. The first-order valence-electron chi connectivity index (χ1n) is 5.88. The van der Waals surface area contributed by atoms with E-state index in [1.54, 1.807) is 0 Å². The molecule has 0 atom stereocenters. The molecule has 19 heavy (non-hydrogen) atoms. The predicted molar refractivity (Wildman–Crippen MR) is 93.2 cm³/mol. The molecule has 0 bridgehead atoms. The van der Waals surface area contributed by atoms with Crippen molar-refractivity contribution in [2.24, 2.45) is 0 Å². The highest BCUT2D eigenvalue weighted by Crippen LogP contribution is 2.45. The number of rotatable bonds is 0. The molecule has 4 rings (SSSR count). The maximum absolute atomic E-state index is 3.70. The first-order chi connectivity index (χ1) is 9.18. The van der Waals surface area contributed by atoms with Crippen molar-refractivity contribution >= 4 is 80.1 Å². The van der Waals surface area contributed by atoms with Crippen LogP contribution in [0.2, 0.25) is 0 Å². The summed E-state index contributed by atoms with van der Waals surface area (Å²) in [7, 11) is 0. The zero-order valence-electron chi connectivity index (χ0n) is 9.68. The van der Waals surface area contributed by atoms with E-state index in [4.69, 9.17) is 0 Å². The van der Waals surface area contributed by atoms with Crippen molar-refractivity contribution in [2.45, 2.75) is 0 Å². The minimum absolute atomic E-state index is 1.07. The summed E-state index contributed by atoms with van der Waals surface area (Å²) in [6.07, 6.45) is 0. The molecular weight excluding hydrogens is 432 g/mol. The molecule has 0 heterocycles. The zero-order chi connectivity index (χ0) is 13.1. The molecule has 0 aliphatic heterocycles. The lowest BCUT2D eigenvalue weighted by atomic mass is 9.94. The van der Waals surface area contributed by atoms with Crippen molar-refractivity contribution in [3.8, 4) is 0 Å². The molecule has 0 N–H and O–H groups in total. The average Bonchev–Trinajstić information content (AvgIpc) is 2.45. The van der Waals surface area contributed by atoms with Crippen LogP contribution in [-0.4, -0.2) is 0 Å². The van der Waals surface area contributed by atoms with Crippen molar-refractivity contribution in [1.82, 2.24) is 0 Å². The summed E-state index contributed by atoms with van der Waals surface area (Å²) in [5, 5.41) is 7.72. The van der Waals surface area contributed by atoms with Crippen LogP contribution in [0.3, 0.4) is 0 Å². The number of benzene rings is 4. The molecule has 4 aromatic rings. The van der Waals surface area contributed by atoms with Gasteiger partial charge in [-0.3, -0.25) is 0 Å². The van der Waals surface area contributed by atoms with E-state index >= 15 is 0 Å². The smallest absolute Gasteiger partial charge is 0.0472 e. The third-order valence-corrected chi connectivity index (χ3v) is 7.14. The summed E-state index contributed by atoms with van der Waals surface area (Å²) >= 11 is 11.0. The summed E-state index contributed by atoms with van der Waals surface area (Å²) in [5.74, 6) is 0. The van der Waals surface area contributed by atoms with Crippen molar-refractivity contribution in [2.75, 3.05) is 0 Å². The van der Waals surface area contributed by atoms with Gasteiger partial charge in [0.15, 0.2) is 0 Å². The largest absolute Gasteiger partial charge is 0.0610 e. The molecule has 0 aliphatic rings. The van der Waals surface area contributed by atoms with Gasteiger partial charge < -0.3 is 0 Å². The van der Waals surface area contributed by atoms with Gasteiger partial charge in [-0.1, -0.05) is 42.5 Å². The Morgan fingerprint density at radius 3 is 1.58 bits per heavy atom. The van der Waals surface area contributed by atoms with E-state index in [0.717, 1.165) is 13.4 Å². The Balaban J connectivity index is 2.47. The monoisotopic (exact) mass is 436 g/mol. The molecule has 0 aromatic heterocycles. The normalized spacial score (nSPS) is 11.9. The molecule has 92 valence electrons. The molecule has 0 radical (unpaired) electrons. The Morgan fingerprint density at radius 1 is 0.526 bits per heavy atom. The van der Waals surface area contributed by atoms with Crippen LogP contribution in [0, 0.1) is 0 Å². The molecule has 4 aromatic carbocycles. The maximum Gasteiger partial charge on any atom is 0.0472 e. The molecule has 0 aliphatic carbocycles. The molecule has 0 saturated carbocycles. The fourth-order valence-electron chi connectivity index (χ4n) is 2.78. The summed E-state index contributed by atoms with van der Waals surface area (Å²) in [6, 6.07) is 15.2. The molecule has 3 heteroatoms. The quantitative estimate of drug-likeness (QED) is 0.207. The number of halogens is 3. The van der Waals surface area contributed by atoms with E-state index in [-0.39, 0.29) is 0 Å². The van der Waals surface area contributed by atoms with Crippen LogP contribution in [0.1, 0.15) is 0 Å². The fraction of sp³-hybridized carbons (Fsp3) is 0. The molecule has 0 saturated heterocycles. The first-order valence-corrected chi connectivity index (χ1v) is 8.26. The highest BCUT2D eigenvalue weighted by atomic mass is 79.9. The minimum Gasteiger partial charge on any atom is -0.0610 e. The van der Waals surface area contributed by atoms with Gasteiger partial charge in [0, 0.05) is 13.4 Å². The Hall–Kier alpha value is -0.640. The van der Waals surface area contributed by atoms with Crippen LogP contribution in [0.4, 0.5) is 0 Å². The van der Waals surface area contributed by atoms with Crippen LogP contribution in [-0.2, 0) is 0 Å². The van der Waals surface area contributed by atoms with Crippen molar-refractivity contribution < 1.29 is 0 Å². The van der Waals surface area contributed by atoms with E-state index in [1.165, 1.54) is 32.3 Å². The Morgan fingerprint density at radius 2 is 1.05 bits per heavy atom. The Bertz CT molecular complexity index is 871. The van der Waals surface area contributed by atoms with E-state index in [1.807, 2.05) is 0 Å². The number of hydrogen-bond donors (Lipinski definition) is 0. The van der Waals surface area contributed by atoms with Gasteiger partial charge >= 0.3 is 0 Å². The predicted octanol–water partition coefficient (Wildman–Crippen LogP) is 6.87. The van der Waals surface area contributed by atoms with Gasteiger partial charge in [-0.05, 0) is 80.1 Å². The van der Waals surface area contributed by atoms with Gasteiger partial charge in [0.2, 0.25) is 0 Å². The van der Waals surface area contributed by atoms with Crippen LogP contribution in [0.5, 0.6) is 0 Å². The molecule has 0 fully saturated rings. The molecule has 0 unspecified atom stereocenters. The third kappa shape index (κ3) is 1.55. The molecule has 0 spiro atoms. The van der Waals surface area contributed by atoms with Gasteiger partial charge in [0.05, 0.1) is 0 Å². The topological polar surface area (TPSA) is 0 Å². The Labute approximate surface area is 135 Å². The van der Waals surface area contributed by atoms with Crippen molar-refractivity contribution in [1.29, 1.82) is 0 Å². The van der Waals surface area contributed by atoms with Crippen LogP contribution < -0.4 is 0 Å². The summed E-state index contributed by atoms with van der Waals surface area (Å²) in [4.78, 5) is 0. The van der Waals surface area contributed by atoms with E-state index in [0.29, 0.717) is 0 Å². The summed E-state index contributed by atoms with van der Waals surface area (Å²) < 4.78 is 3.27. The highest BCUT2D eigenvalue weighted by molar-refractivity contribution is 9.14. The van der Waals surface area contributed by atoms with Crippen molar-refractivity contribution in [3.63, 3.8) is 0 Å². The zero-order valence-corrected chi connectivity index (χ0v) is 14.4. The molecule has 0 nitrogen and oxygen atoms in total. The summed E-state index contributed by atoms with van der Waals surface area (Å²) in [5.41, 5.74) is 0. The summed E-state index contributed by atoms with van der Waals surface area (Å²) in [6.45, 7) is 0. The van der Waals surface area contributed by atoms with Crippen LogP contribution in [0.15, 0.2) is 55.9 Å². The molecule has 0 amide bonds. The lowest BCUT2D eigenvalue weighted by Gasteiger charge is -2.14. The van der Waals surface area contributed by atoms with Crippen LogP contribution >= 0.6 is 47.8 Å². The van der Waals surface area contributed by atoms with E-state index in [2.05, 4.69) is 90.3 Å². The van der Waals surface area contributed by atoms with Gasteiger partial charge in [-0.15, -0.1) is 0 Å². The highest BCUT2D eigenvalue weighted by Gasteiger charge is 2.15. The van der Waals surface area contributed by atoms with Crippen LogP contribution in [0.25, 0.3) is 32.3 Å². The van der Waals surface area contributed by atoms with Gasteiger partial charge in [0.1, 0.15) is 0 Å². The van der Waals surface area contributed by atoms with Gasteiger partial charge in [-0.2, -0.15) is 0 Å². The second-order valence-electron chi connectivity index (χ2n) is 4.62. The lowest BCUT2D eigenvalue weighted by Crippen LogP contribution is -1.87. The Kier molecular flexibility index (Phi) is 2.66.